The molecule has 0 bridgehead atoms. The quantitative estimate of drug-likeness (QED) is 0.664. The number of aromatic hydroxyl groups is 1. The molecule has 2 aromatic rings. The van der Waals surface area contributed by atoms with Crippen LogP contribution in [0.15, 0.2) is 30.5 Å². The Labute approximate surface area is 111 Å². The van der Waals surface area contributed by atoms with Crippen LogP contribution in [-0.2, 0) is 6.54 Å². The molecule has 0 radical (unpaired) electrons. The largest absolute Gasteiger partial charge is 0.506 e. The molecule has 8 heteroatoms. The zero-order chi connectivity index (χ0) is 14.7. The number of nitrogens with one attached hydrogen (secondary N) is 1. The normalized spacial score (nSPS) is 10.3. The molecule has 1 aromatic carbocycles. The summed E-state index contributed by atoms with van der Waals surface area (Å²) in [6.45, 7) is -0.0541. The number of hydrogen-bond acceptors (Lipinski definition) is 5. The van der Waals surface area contributed by atoms with Gasteiger partial charge in [-0.3, -0.25) is 15.1 Å². The smallest absolute Gasteiger partial charge is 0.295 e. The van der Waals surface area contributed by atoms with Gasteiger partial charge in [0.15, 0.2) is 17.3 Å². The maximum absolute atomic E-state index is 13.6. The van der Waals surface area contributed by atoms with E-state index < -0.39 is 27.9 Å². The van der Waals surface area contributed by atoms with Crippen LogP contribution in [0.2, 0.25) is 0 Å². The molecule has 0 atom stereocenters. The van der Waals surface area contributed by atoms with E-state index in [1.165, 1.54) is 18.3 Å². The minimum atomic E-state index is -1.32. The zero-order valence-electron chi connectivity index (χ0n) is 10.0. The van der Waals surface area contributed by atoms with E-state index in [4.69, 9.17) is 5.11 Å². The third kappa shape index (κ3) is 2.79. The van der Waals surface area contributed by atoms with Crippen molar-refractivity contribution in [3.05, 3.63) is 57.9 Å². The van der Waals surface area contributed by atoms with Crippen LogP contribution < -0.4 is 5.32 Å². The van der Waals surface area contributed by atoms with E-state index in [2.05, 4.69) is 10.3 Å². The topological polar surface area (TPSA) is 88.3 Å². The Bertz CT molecular complexity index is 647. The highest BCUT2D eigenvalue weighted by atomic mass is 19.2. The summed E-state index contributed by atoms with van der Waals surface area (Å²) >= 11 is 0. The molecular formula is C12H9F2N3O3. The van der Waals surface area contributed by atoms with Gasteiger partial charge in [-0.2, -0.15) is 0 Å². The summed E-state index contributed by atoms with van der Waals surface area (Å²) in [5.41, 5.74) is -0.701. The first-order valence-corrected chi connectivity index (χ1v) is 5.49. The number of rotatable bonds is 4. The van der Waals surface area contributed by atoms with Crippen LogP contribution in [0.4, 0.5) is 20.2 Å². The van der Waals surface area contributed by atoms with Gasteiger partial charge in [0.2, 0.25) is 0 Å². The zero-order valence-corrected chi connectivity index (χ0v) is 10.0. The number of nitrogens with zero attached hydrogens (tertiary/aromatic N) is 2. The average Bonchev–Trinajstić information content (AvgIpc) is 2.42. The first kappa shape index (κ1) is 13.7. The molecule has 2 rings (SSSR count). The lowest BCUT2D eigenvalue weighted by molar-refractivity contribution is -0.384. The molecule has 0 aliphatic rings. The summed E-state index contributed by atoms with van der Waals surface area (Å²) in [7, 11) is 0. The molecular weight excluding hydrogens is 272 g/mol. The molecule has 0 saturated carbocycles. The van der Waals surface area contributed by atoms with Gasteiger partial charge in [0.05, 0.1) is 23.4 Å². The van der Waals surface area contributed by atoms with Gasteiger partial charge in [-0.1, -0.05) is 0 Å². The van der Waals surface area contributed by atoms with Crippen LogP contribution in [0.1, 0.15) is 5.69 Å². The molecule has 0 unspecified atom stereocenters. The molecule has 6 nitrogen and oxygen atoms in total. The maximum Gasteiger partial charge on any atom is 0.295 e. The third-order valence-electron chi connectivity index (χ3n) is 2.52. The molecule has 0 fully saturated rings. The molecule has 0 amide bonds. The summed E-state index contributed by atoms with van der Waals surface area (Å²) in [4.78, 5) is 13.8. The standard InChI is InChI=1S/C12H9F2N3O3/c13-9-3-4-10(17(19)20)12(11(9)14)16-5-7-1-2-8(18)6-15-7/h1-4,6,16,18H,5H2. The summed E-state index contributed by atoms with van der Waals surface area (Å²) in [5, 5.41) is 22.3. The lowest BCUT2D eigenvalue weighted by atomic mass is 10.2. The van der Waals surface area contributed by atoms with Crippen molar-refractivity contribution in [3.63, 3.8) is 0 Å². The Balaban J connectivity index is 2.26. The van der Waals surface area contributed by atoms with Crippen LogP contribution in [0, 0.1) is 21.7 Å². The van der Waals surface area contributed by atoms with Gasteiger partial charge in [0, 0.05) is 6.07 Å². The third-order valence-corrected chi connectivity index (χ3v) is 2.52. The average molecular weight is 281 g/mol. The van der Waals surface area contributed by atoms with Crippen molar-refractivity contribution < 1.29 is 18.8 Å². The van der Waals surface area contributed by atoms with Gasteiger partial charge in [0.1, 0.15) is 5.75 Å². The molecule has 0 aliphatic heterocycles. The lowest BCUT2D eigenvalue weighted by Gasteiger charge is -2.08. The van der Waals surface area contributed by atoms with E-state index in [1.54, 1.807) is 0 Å². The molecule has 2 N–H and O–H groups in total. The van der Waals surface area contributed by atoms with E-state index in [-0.39, 0.29) is 12.3 Å². The Kier molecular flexibility index (Phi) is 3.74. The van der Waals surface area contributed by atoms with Gasteiger partial charge >= 0.3 is 0 Å². The van der Waals surface area contributed by atoms with Gasteiger partial charge in [0.25, 0.3) is 5.69 Å². The van der Waals surface area contributed by atoms with Crippen molar-refractivity contribution in [3.8, 4) is 5.75 Å². The maximum atomic E-state index is 13.6. The van der Waals surface area contributed by atoms with Gasteiger partial charge < -0.3 is 10.4 Å². The molecule has 20 heavy (non-hydrogen) atoms. The van der Waals surface area contributed by atoms with Crippen LogP contribution in [0.25, 0.3) is 0 Å². The van der Waals surface area contributed by atoms with Crippen molar-refractivity contribution >= 4 is 11.4 Å². The first-order chi connectivity index (χ1) is 9.49. The fourth-order valence-electron chi connectivity index (χ4n) is 1.56. The van der Waals surface area contributed by atoms with Crippen LogP contribution in [-0.4, -0.2) is 15.0 Å². The predicted molar refractivity (Wildman–Crippen MR) is 66.2 cm³/mol. The van der Waals surface area contributed by atoms with E-state index in [9.17, 15) is 18.9 Å². The van der Waals surface area contributed by atoms with E-state index >= 15 is 0 Å². The van der Waals surface area contributed by atoms with Gasteiger partial charge in [-0.15, -0.1) is 0 Å². The summed E-state index contributed by atoms with van der Waals surface area (Å²) in [6.07, 6.45) is 1.17. The van der Waals surface area contributed by atoms with E-state index in [0.29, 0.717) is 11.8 Å². The first-order valence-electron chi connectivity index (χ1n) is 5.49. The summed E-state index contributed by atoms with van der Waals surface area (Å²) in [5.74, 6) is -2.55. The lowest BCUT2D eigenvalue weighted by Crippen LogP contribution is -2.07. The van der Waals surface area contributed by atoms with Crippen molar-refractivity contribution in [1.82, 2.24) is 4.98 Å². The number of anilines is 1. The van der Waals surface area contributed by atoms with Gasteiger partial charge in [-0.25, -0.2) is 8.78 Å². The second-order valence-electron chi connectivity index (χ2n) is 3.87. The van der Waals surface area contributed by atoms with Crippen LogP contribution >= 0.6 is 0 Å². The molecule has 1 heterocycles. The monoisotopic (exact) mass is 281 g/mol. The second kappa shape index (κ2) is 5.47. The van der Waals surface area contributed by atoms with E-state index in [0.717, 1.165) is 6.07 Å². The Morgan fingerprint density at radius 1 is 1.30 bits per heavy atom. The second-order valence-corrected chi connectivity index (χ2v) is 3.87. The number of pyridine rings is 1. The summed E-state index contributed by atoms with van der Waals surface area (Å²) < 4.78 is 26.7. The SMILES string of the molecule is O=[N+]([O-])c1ccc(F)c(F)c1NCc1ccc(O)cn1. The molecule has 0 spiro atoms. The van der Waals surface area contributed by atoms with Gasteiger partial charge in [-0.05, 0) is 18.2 Å². The van der Waals surface area contributed by atoms with E-state index in [1.807, 2.05) is 0 Å². The predicted octanol–water partition coefficient (Wildman–Crippen LogP) is 2.59. The van der Waals surface area contributed by atoms with Crippen LogP contribution in [0.5, 0.6) is 5.75 Å². The number of hydrogen-bond donors (Lipinski definition) is 2. The molecule has 104 valence electrons. The fraction of sp³-hybridized carbons (Fsp3) is 0.0833. The van der Waals surface area contributed by atoms with Crippen LogP contribution in [0.3, 0.4) is 0 Å². The minimum absolute atomic E-state index is 0.0448. The van der Waals surface area contributed by atoms with Crippen molar-refractivity contribution in [2.24, 2.45) is 0 Å². The molecule has 0 aliphatic carbocycles. The van der Waals surface area contributed by atoms with Crippen molar-refractivity contribution in [1.29, 1.82) is 0 Å². The Morgan fingerprint density at radius 3 is 2.65 bits per heavy atom. The highest BCUT2D eigenvalue weighted by Gasteiger charge is 2.21. The number of benzene rings is 1. The van der Waals surface area contributed by atoms with Crippen molar-refractivity contribution in [2.45, 2.75) is 6.54 Å². The summed E-state index contributed by atoms with van der Waals surface area (Å²) in [6, 6.07) is 4.38. The Hall–Kier alpha value is -2.77. The number of halogens is 2. The number of nitro benzene ring substituents is 1. The Morgan fingerprint density at radius 2 is 2.05 bits per heavy atom. The molecule has 1 aromatic heterocycles. The van der Waals surface area contributed by atoms with Crippen molar-refractivity contribution in [2.75, 3.05) is 5.32 Å². The number of nitro groups is 1. The fourth-order valence-corrected chi connectivity index (χ4v) is 1.56. The highest BCUT2D eigenvalue weighted by molar-refractivity contribution is 5.62. The minimum Gasteiger partial charge on any atom is -0.506 e. The number of aromatic nitrogens is 1. The highest BCUT2D eigenvalue weighted by Crippen LogP contribution is 2.29. The molecule has 0 saturated heterocycles.